The number of amides is 1. The first-order chi connectivity index (χ1) is 8.56. The topological polar surface area (TPSA) is 62.2 Å². The van der Waals surface area contributed by atoms with Crippen molar-refractivity contribution in [2.24, 2.45) is 0 Å². The van der Waals surface area contributed by atoms with E-state index >= 15 is 0 Å². The largest absolute Gasteiger partial charge is 0.508 e. The number of carbonyl (C=O) groups is 1. The van der Waals surface area contributed by atoms with E-state index < -0.39 is 0 Å². The Kier molecular flexibility index (Phi) is 3.62. The molecule has 1 aromatic carbocycles. The van der Waals surface area contributed by atoms with Crippen LogP contribution in [0.2, 0.25) is 0 Å². The fourth-order valence-electron chi connectivity index (χ4n) is 1.52. The lowest BCUT2D eigenvalue weighted by molar-refractivity contribution is -0.115. The Morgan fingerprint density at radius 1 is 1.39 bits per heavy atom. The second-order valence-electron chi connectivity index (χ2n) is 4.01. The van der Waals surface area contributed by atoms with Gasteiger partial charge < -0.3 is 10.4 Å². The summed E-state index contributed by atoms with van der Waals surface area (Å²) in [7, 11) is 0. The highest BCUT2D eigenvalue weighted by Crippen LogP contribution is 2.22. The van der Waals surface area contributed by atoms with Crippen LogP contribution < -0.4 is 5.32 Å². The van der Waals surface area contributed by atoms with Crippen molar-refractivity contribution in [3.63, 3.8) is 0 Å². The summed E-state index contributed by atoms with van der Waals surface area (Å²) in [4.78, 5) is 17.1. The van der Waals surface area contributed by atoms with Crippen molar-refractivity contribution in [3.05, 3.63) is 40.4 Å². The van der Waals surface area contributed by atoms with Crippen LogP contribution in [0.15, 0.2) is 24.3 Å². The zero-order valence-corrected chi connectivity index (χ0v) is 11.0. The molecule has 0 atom stereocenters. The van der Waals surface area contributed by atoms with Gasteiger partial charge in [-0.2, -0.15) is 0 Å². The summed E-state index contributed by atoms with van der Waals surface area (Å²) < 4.78 is 0. The molecule has 94 valence electrons. The van der Waals surface area contributed by atoms with Gasteiger partial charge in [-0.25, -0.2) is 4.98 Å². The minimum Gasteiger partial charge on any atom is -0.508 e. The van der Waals surface area contributed by atoms with Crippen molar-refractivity contribution >= 4 is 22.4 Å². The summed E-state index contributed by atoms with van der Waals surface area (Å²) in [6, 6.07) is 6.82. The minimum absolute atomic E-state index is 0.138. The molecule has 0 radical (unpaired) electrons. The second-order valence-corrected chi connectivity index (χ2v) is 5.22. The first-order valence-corrected chi connectivity index (χ1v) is 6.38. The fraction of sp³-hybridized carbons (Fsp3) is 0.231. The fourth-order valence-corrected chi connectivity index (χ4v) is 2.35. The predicted octanol–water partition coefficient (Wildman–Crippen LogP) is 2.65. The molecule has 4 nitrogen and oxygen atoms in total. The first kappa shape index (κ1) is 12.6. The number of hydrogen-bond donors (Lipinski definition) is 2. The number of hydrogen-bond acceptors (Lipinski definition) is 4. The summed E-state index contributed by atoms with van der Waals surface area (Å²) in [6.07, 6.45) is 0.143. The number of thiazole rings is 1. The number of phenolic OH excluding ortho intramolecular Hbond substituents is 1. The highest BCUT2D eigenvalue weighted by Gasteiger charge is 2.10. The molecule has 0 fully saturated rings. The molecule has 0 unspecified atom stereocenters. The van der Waals surface area contributed by atoms with E-state index in [1.165, 1.54) is 11.3 Å². The summed E-state index contributed by atoms with van der Waals surface area (Å²) in [5, 5.41) is 12.9. The van der Waals surface area contributed by atoms with Crippen LogP contribution in [-0.4, -0.2) is 16.0 Å². The predicted molar refractivity (Wildman–Crippen MR) is 72.0 cm³/mol. The molecule has 2 N–H and O–H groups in total. The molecule has 0 aliphatic carbocycles. The number of aryl methyl sites for hydroxylation is 2. The molecule has 18 heavy (non-hydrogen) atoms. The number of aromatic nitrogens is 1. The third kappa shape index (κ3) is 2.87. The highest BCUT2D eigenvalue weighted by atomic mass is 32.1. The Morgan fingerprint density at radius 2 is 2.11 bits per heavy atom. The molecule has 2 rings (SSSR count). The maximum absolute atomic E-state index is 11.8. The van der Waals surface area contributed by atoms with E-state index in [9.17, 15) is 9.90 Å². The van der Waals surface area contributed by atoms with Crippen molar-refractivity contribution in [1.29, 1.82) is 0 Å². The molecular weight excluding hydrogens is 248 g/mol. The number of benzene rings is 1. The monoisotopic (exact) mass is 262 g/mol. The summed E-state index contributed by atoms with van der Waals surface area (Å²) >= 11 is 1.45. The van der Waals surface area contributed by atoms with Gasteiger partial charge in [0.15, 0.2) is 5.13 Å². The minimum atomic E-state index is -0.176. The third-order valence-electron chi connectivity index (χ3n) is 2.62. The van der Waals surface area contributed by atoms with Gasteiger partial charge >= 0.3 is 0 Å². The maximum Gasteiger partial charge on any atom is 0.230 e. The SMILES string of the molecule is Cc1nc(NC(=O)Cc2ccccc2O)sc1C. The van der Waals surface area contributed by atoms with Crippen LogP contribution in [0.4, 0.5) is 5.13 Å². The Hall–Kier alpha value is -1.88. The Bertz CT molecular complexity index is 559. The van der Waals surface area contributed by atoms with Gasteiger partial charge in [-0.05, 0) is 19.9 Å². The number of aromatic hydroxyl groups is 1. The number of carbonyl (C=O) groups excluding carboxylic acids is 1. The average Bonchev–Trinajstić information content (AvgIpc) is 2.61. The van der Waals surface area contributed by atoms with Gasteiger partial charge in [0.2, 0.25) is 5.91 Å². The standard InChI is InChI=1S/C13H14N2O2S/c1-8-9(2)18-13(14-8)15-12(17)7-10-5-3-4-6-11(10)16/h3-6,16H,7H2,1-2H3,(H,14,15,17). The van der Waals surface area contributed by atoms with E-state index in [4.69, 9.17) is 0 Å². The van der Waals surface area contributed by atoms with Crippen LogP contribution in [0, 0.1) is 13.8 Å². The van der Waals surface area contributed by atoms with Crippen molar-refractivity contribution < 1.29 is 9.90 Å². The van der Waals surface area contributed by atoms with Gasteiger partial charge in [0.25, 0.3) is 0 Å². The van der Waals surface area contributed by atoms with Gasteiger partial charge in [-0.3, -0.25) is 4.79 Å². The molecular formula is C13H14N2O2S. The molecule has 0 saturated heterocycles. The maximum atomic E-state index is 11.8. The number of para-hydroxylation sites is 1. The van der Waals surface area contributed by atoms with Gasteiger partial charge in [-0.15, -0.1) is 11.3 Å². The quantitative estimate of drug-likeness (QED) is 0.894. The number of anilines is 1. The smallest absolute Gasteiger partial charge is 0.230 e. The summed E-state index contributed by atoms with van der Waals surface area (Å²) in [5.74, 6) is -0.0376. The zero-order valence-electron chi connectivity index (χ0n) is 10.2. The van der Waals surface area contributed by atoms with E-state index in [2.05, 4.69) is 10.3 Å². The van der Waals surface area contributed by atoms with Crippen LogP contribution in [0.3, 0.4) is 0 Å². The van der Waals surface area contributed by atoms with Crippen LogP contribution in [-0.2, 0) is 11.2 Å². The van der Waals surface area contributed by atoms with E-state index in [0.29, 0.717) is 10.7 Å². The van der Waals surface area contributed by atoms with Crippen molar-refractivity contribution in [1.82, 2.24) is 4.98 Å². The lowest BCUT2D eigenvalue weighted by Gasteiger charge is -2.03. The Labute approximate surface area is 109 Å². The van der Waals surface area contributed by atoms with Crippen LogP contribution in [0.5, 0.6) is 5.75 Å². The Balaban J connectivity index is 2.03. The van der Waals surface area contributed by atoms with Crippen LogP contribution >= 0.6 is 11.3 Å². The number of phenols is 1. The van der Waals surface area contributed by atoms with Crippen molar-refractivity contribution in [2.75, 3.05) is 5.32 Å². The molecule has 0 spiro atoms. The van der Waals surface area contributed by atoms with E-state index in [1.54, 1.807) is 24.3 Å². The molecule has 0 aliphatic rings. The van der Waals surface area contributed by atoms with Crippen molar-refractivity contribution in [3.8, 4) is 5.75 Å². The molecule has 2 aromatic rings. The second kappa shape index (κ2) is 5.18. The summed E-state index contributed by atoms with van der Waals surface area (Å²) in [5.41, 5.74) is 1.54. The molecule has 0 saturated carbocycles. The first-order valence-electron chi connectivity index (χ1n) is 5.57. The normalized spacial score (nSPS) is 10.3. The average molecular weight is 262 g/mol. The number of nitrogens with one attached hydrogen (secondary N) is 1. The third-order valence-corrected chi connectivity index (χ3v) is 3.61. The molecule has 1 heterocycles. The van der Waals surface area contributed by atoms with E-state index in [-0.39, 0.29) is 18.1 Å². The number of nitrogens with zero attached hydrogens (tertiary/aromatic N) is 1. The van der Waals surface area contributed by atoms with Gasteiger partial charge in [0, 0.05) is 10.4 Å². The molecule has 1 amide bonds. The Morgan fingerprint density at radius 3 is 2.72 bits per heavy atom. The lowest BCUT2D eigenvalue weighted by Crippen LogP contribution is -2.14. The van der Waals surface area contributed by atoms with Crippen LogP contribution in [0.25, 0.3) is 0 Å². The summed E-state index contributed by atoms with van der Waals surface area (Å²) in [6.45, 7) is 3.87. The van der Waals surface area contributed by atoms with Crippen LogP contribution in [0.1, 0.15) is 16.1 Å². The highest BCUT2D eigenvalue weighted by molar-refractivity contribution is 7.15. The van der Waals surface area contributed by atoms with E-state index in [1.807, 2.05) is 13.8 Å². The van der Waals surface area contributed by atoms with E-state index in [0.717, 1.165) is 10.6 Å². The van der Waals surface area contributed by atoms with Gasteiger partial charge in [-0.1, -0.05) is 18.2 Å². The molecule has 5 heteroatoms. The lowest BCUT2D eigenvalue weighted by atomic mass is 10.1. The van der Waals surface area contributed by atoms with Gasteiger partial charge in [0.1, 0.15) is 5.75 Å². The van der Waals surface area contributed by atoms with Gasteiger partial charge in [0.05, 0.1) is 12.1 Å². The van der Waals surface area contributed by atoms with Crippen molar-refractivity contribution in [2.45, 2.75) is 20.3 Å². The molecule has 0 bridgehead atoms. The number of rotatable bonds is 3. The molecule has 1 aromatic heterocycles. The zero-order chi connectivity index (χ0) is 13.1. The molecule has 0 aliphatic heterocycles.